The van der Waals surface area contributed by atoms with Crippen LogP contribution in [0.15, 0.2) is 30.6 Å². The number of carboxylic acids is 1. The van der Waals surface area contributed by atoms with E-state index in [1.165, 1.54) is 6.07 Å². The third-order valence-corrected chi connectivity index (χ3v) is 2.09. The molecule has 0 spiro atoms. The summed E-state index contributed by atoms with van der Waals surface area (Å²) in [4.78, 5) is 14.7. The Morgan fingerprint density at radius 3 is 3.00 bits per heavy atom. The standard InChI is InChI=1S/C11H11N3O3/c1-14-6-9(5-12-14)17-7-8-3-2-4-10(13-8)11(15)16/h2-6H,7H2,1H3,(H,15,16). The first kappa shape index (κ1) is 11.1. The van der Waals surface area contributed by atoms with E-state index in [1.807, 2.05) is 0 Å². The number of hydrogen-bond donors (Lipinski definition) is 1. The molecule has 0 radical (unpaired) electrons. The minimum Gasteiger partial charge on any atom is -0.484 e. The monoisotopic (exact) mass is 233 g/mol. The van der Waals surface area contributed by atoms with Gasteiger partial charge in [-0.1, -0.05) is 6.07 Å². The van der Waals surface area contributed by atoms with Crippen LogP contribution >= 0.6 is 0 Å². The van der Waals surface area contributed by atoms with Crippen LogP contribution in [-0.2, 0) is 13.7 Å². The lowest BCUT2D eigenvalue weighted by Gasteiger charge is -2.03. The summed E-state index contributed by atoms with van der Waals surface area (Å²) in [6.07, 6.45) is 3.31. The van der Waals surface area contributed by atoms with Gasteiger partial charge in [0.2, 0.25) is 0 Å². The fourth-order valence-corrected chi connectivity index (χ4v) is 1.31. The average molecular weight is 233 g/mol. The number of ether oxygens (including phenoxy) is 1. The number of aromatic nitrogens is 3. The Bertz CT molecular complexity index is 536. The van der Waals surface area contributed by atoms with Crippen LogP contribution in [0.5, 0.6) is 5.75 Å². The summed E-state index contributed by atoms with van der Waals surface area (Å²) in [6.45, 7) is 0.215. The SMILES string of the molecule is Cn1cc(OCc2cccc(C(=O)O)n2)cn1. The lowest BCUT2D eigenvalue weighted by molar-refractivity contribution is 0.0690. The Balaban J connectivity index is 2.04. The summed E-state index contributed by atoms with van der Waals surface area (Å²) in [5.74, 6) is -0.428. The van der Waals surface area contributed by atoms with Crippen LogP contribution in [0.4, 0.5) is 0 Å². The van der Waals surface area contributed by atoms with E-state index in [9.17, 15) is 4.79 Å². The van der Waals surface area contributed by atoms with Crippen molar-refractivity contribution in [2.45, 2.75) is 6.61 Å². The third-order valence-electron chi connectivity index (χ3n) is 2.09. The van der Waals surface area contributed by atoms with Crippen molar-refractivity contribution in [3.05, 3.63) is 42.0 Å². The van der Waals surface area contributed by atoms with E-state index in [0.717, 1.165) is 0 Å². The number of carboxylic acid groups (broad SMARTS) is 1. The summed E-state index contributed by atoms with van der Waals surface area (Å²) in [5, 5.41) is 12.7. The summed E-state index contributed by atoms with van der Waals surface area (Å²) < 4.78 is 7.03. The molecular weight excluding hydrogens is 222 g/mol. The van der Waals surface area contributed by atoms with Gasteiger partial charge in [-0.05, 0) is 12.1 Å². The maximum Gasteiger partial charge on any atom is 0.354 e. The predicted molar refractivity (Wildman–Crippen MR) is 58.7 cm³/mol. The molecule has 1 N–H and O–H groups in total. The molecule has 0 fully saturated rings. The molecule has 0 bridgehead atoms. The molecule has 6 nitrogen and oxygen atoms in total. The Labute approximate surface area is 97.5 Å². The predicted octanol–water partition coefficient (Wildman–Crippen LogP) is 1.09. The Morgan fingerprint density at radius 2 is 2.35 bits per heavy atom. The van der Waals surface area contributed by atoms with Gasteiger partial charge in [-0.15, -0.1) is 0 Å². The van der Waals surface area contributed by atoms with Gasteiger partial charge < -0.3 is 9.84 Å². The van der Waals surface area contributed by atoms with Gasteiger partial charge in [0.05, 0.1) is 18.1 Å². The van der Waals surface area contributed by atoms with Crippen molar-refractivity contribution in [3.63, 3.8) is 0 Å². The van der Waals surface area contributed by atoms with Gasteiger partial charge in [0, 0.05) is 7.05 Å². The van der Waals surface area contributed by atoms with Crippen LogP contribution in [0, 0.1) is 0 Å². The zero-order chi connectivity index (χ0) is 12.3. The number of aromatic carboxylic acids is 1. The van der Waals surface area contributed by atoms with E-state index >= 15 is 0 Å². The van der Waals surface area contributed by atoms with Gasteiger partial charge in [-0.3, -0.25) is 4.68 Å². The number of nitrogens with zero attached hydrogens (tertiary/aromatic N) is 3. The summed E-state index contributed by atoms with van der Waals surface area (Å²) in [6, 6.07) is 4.79. The molecule has 2 aromatic heterocycles. The molecule has 0 aliphatic heterocycles. The Morgan fingerprint density at radius 1 is 1.53 bits per heavy atom. The quantitative estimate of drug-likeness (QED) is 0.855. The van der Waals surface area contributed by atoms with Crippen molar-refractivity contribution in [2.24, 2.45) is 7.05 Å². The fraction of sp³-hybridized carbons (Fsp3) is 0.182. The van der Waals surface area contributed by atoms with Crippen molar-refractivity contribution in [1.29, 1.82) is 0 Å². The summed E-state index contributed by atoms with van der Waals surface area (Å²) in [7, 11) is 1.79. The normalized spacial score (nSPS) is 10.2. The van der Waals surface area contributed by atoms with Crippen LogP contribution in [0.1, 0.15) is 16.2 Å². The highest BCUT2D eigenvalue weighted by Gasteiger charge is 2.05. The maximum atomic E-state index is 10.7. The topological polar surface area (TPSA) is 77.2 Å². The minimum absolute atomic E-state index is 0.0114. The largest absolute Gasteiger partial charge is 0.484 e. The molecule has 17 heavy (non-hydrogen) atoms. The van der Waals surface area contributed by atoms with E-state index in [0.29, 0.717) is 11.4 Å². The highest BCUT2D eigenvalue weighted by molar-refractivity contribution is 5.85. The van der Waals surface area contributed by atoms with Gasteiger partial charge in [-0.2, -0.15) is 5.10 Å². The molecule has 88 valence electrons. The molecule has 6 heteroatoms. The highest BCUT2D eigenvalue weighted by atomic mass is 16.5. The minimum atomic E-state index is -1.05. The van der Waals surface area contributed by atoms with Crippen LogP contribution in [0.2, 0.25) is 0 Å². The van der Waals surface area contributed by atoms with Gasteiger partial charge in [0.25, 0.3) is 0 Å². The van der Waals surface area contributed by atoms with Crippen molar-refractivity contribution in [2.75, 3.05) is 0 Å². The average Bonchev–Trinajstić information content (AvgIpc) is 2.73. The number of aryl methyl sites for hydroxylation is 1. The van der Waals surface area contributed by atoms with Crippen LogP contribution in [0.25, 0.3) is 0 Å². The Kier molecular flexibility index (Phi) is 3.04. The zero-order valence-electron chi connectivity index (χ0n) is 9.20. The first-order chi connectivity index (χ1) is 8.15. The molecule has 0 saturated carbocycles. The van der Waals surface area contributed by atoms with Gasteiger partial charge in [0.15, 0.2) is 5.75 Å². The molecule has 0 aromatic carbocycles. The van der Waals surface area contributed by atoms with Gasteiger partial charge in [-0.25, -0.2) is 9.78 Å². The van der Waals surface area contributed by atoms with E-state index in [-0.39, 0.29) is 12.3 Å². The van der Waals surface area contributed by atoms with Gasteiger partial charge >= 0.3 is 5.97 Å². The second-order valence-electron chi connectivity index (χ2n) is 3.46. The first-order valence-corrected chi connectivity index (χ1v) is 4.96. The molecule has 0 saturated heterocycles. The molecule has 0 atom stereocenters. The lowest BCUT2D eigenvalue weighted by Crippen LogP contribution is -2.04. The molecule has 2 rings (SSSR count). The number of rotatable bonds is 4. The zero-order valence-corrected chi connectivity index (χ0v) is 9.20. The molecule has 2 aromatic rings. The maximum absolute atomic E-state index is 10.7. The molecule has 0 aliphatic carbocycles. The third kappa shape index (κ3) is 2.81. The smallest absolute Gasteiger partial charge is 0.354 e. The van der Waals surface area contributed by atoms with E-state index in [1.54, 1.807) is 36.3 Å². The molecular formula is C11H11N3O3. The van der Waals surface area contributed by atoms with Crippen molar-refractivity contribution < 1.29 is 14.6 Å². The highest BCUT2D eigenvalue weighted by Crippen LogP contribution is 2.09. The summed E-state index contributed by atoms with van der Waals surface area (Å²) in [5.41, 5.74) is 0.575. The molecule has 0 amide bonds. The van der Waals surface area contributed by atoms with Crippen LogP contribution < -0.4 is 4.74 Å². The second-order valence-corrected chi connectivity index (χ2v) is 3.46. The number of hydrogen-bond acceptors (Lipinski definition) is 4. The second kappa shape index (κ2) is 4.65. The van der Waals surface area contributed by atoms with E-state index in [2.05, 4.69) is 10.1 Å². The van der Waals surface area contributed by atoms with Crippen molar-refractivity contribution in [1.82, 2.24) is 14.8 Å². The van der Waals surface area contributed by atoms with E-state index in [4.69, 9.17) is 9.84 Å². The van der Waals surface area contributed by atoms with Gasteiger partial charge in [0.1, 0.15) is 12.3 Å². The molecule has 0 unspecified atom stereocenters. The lowest BCUT2D eigenvalue weighted by atomic mass is 10.3. The molecule has 2 heterocycles. The number of carbonyl (C=O) groups is 1. The molecule has 0 aliphatic rings. The first-order valence-electron chi connectivity index (χ1n) is 4.96. The van der Waals surface area contributed by atoms with Crippen LogP contribution in [0.3, 0.4) is 0 Å². The number of pyridine rings is 1. The van der Waals surface area contributed by atoms with Crippen molar-refractivity contribution in [3.8, 4) is 5.75 Å². The Hall–Kier alpha value is -2.37. The van der Waals surface area contributed by atoms with E-state index < -0.39 is 5.97 Å². The van der Waals surface area contributed by atoms with Crippen LogP contribution in [-0.4, -0.2) is 25.8 Å². The fourth-order valence-electron chi connectivity index (χ4n) is 1.31. The summed E-state index contributed by atoms with van der Waals surface area (Å²) >= 11 is 0. The van der Waals surface area contributed by atoms with Crippen molar-refractivity contribution >= 4 is 5.97 Å².